The summed E-state index contributed by atoms with van der Waals surface area (Å²) in [6.45, 7) is 18.3. The van der Waals surface area contributed by atoms with Crippen LogP contribution in [-0.4, -0.2) is 36.5 Å². The number of esters is 1. The summed E-state index contributed by atoms with van der Waals surface area (Å²) >= 11 is 0. The number of hydrogen-bond acceptors (Lipinski definition) is 5. The second-order valence-electron chi connectivity index (χ2n) is 10.3. The van der Waals surface area contributed by atoms with Gasteiger partial charge in [0.05, 0.1) is 12.7 Å². The van der Waals surface area contributed by atoms with Crippen molar-refractivity contribution in [3.63, 3.8) is 0 Å². The summed E-state index contributed by atoms with van der Waals surface area (Å²) < 4.78 is 16.1. The smallest absolute Gasteiger partial charge is 0.407 e. The van der Waals surface area contributed by atoms with Crippen LogP contribution in [0.4, 0.5) is 4.79 Å². The highest BCUT2D eigenvalue weighted by Crippen LogP contribution is 2.35. The van der Waals surface area contributed by atoms with Crippen molar-refractivity contribution in [3.8, 4) is 0 Å². The molecule has 0 aliphatic heterocycles. The van der Waals surface area contributed by atoms with Crippen molar-refractivity contribution >= 4 is 12.1 Å². The normalized spacial score (nSPS) is 14.4. The fourth-order valence-electron chi connectivity index (χ4n) is 3.25. The van der Waals surface area contributed by atoms with Gasteiger partial charge in [0.15, 0.2) is 6.10 Å². The number of rotatable bonds is 9. The van der Waals surface area contributed by atoms with E-state index in [1.54, 1.807) is 6.92 Å². The van der Waals surface area contributed by atoms with Gasteiger partial charge in [-0.15, -0.1) is 0 Å². The lowest BCUT2D eigenvalue weighted by atomic mass is 10.0. The number of alkyl carbamates (subject to hydrolysis) is 1. The molecule has 0 aromatic heterocycles. The molecule has 1 aliphatic carbocycles. The van der Waals surface area contributed by atoms with Crippen molar-refractivity contribution < 1.29 is 23.8 Å². The van der Waals surface area contributed by atoms with Crippen LogP contribution in [0.1, 0.15) is 84.9 Å². The fourth-order valence-corrected chi connectivity index (χ4v) is 3.25. The van der Waals surface area contributed by atoms with Gasteiger partial charge in [0, 0.05) is 13.0 Å². The Morgan fingerprint density at radius 1 is 1.12 bits per heavy atom. The van der Waals surface area contributed by atoms with Crippen LogP contribution in [0.5, 0.6) is 0 Å². The van der Waals surface area contributed by atoms with E-state index in [-0.39, 0.29) is 12.1 Å². The fraction of sp³-hybridized carbons (Fsp3) is 0.704. The molecule has 0 spiro atoms. The zero-order chi connectivity index (χ0) is 25.2. The van der Waals surface area contributed by atoms with Gasteiger partial charge in [-0.3, -0.25) is 0 Å². The monoisotopic (exact) mass is 463 g/mol. The molecule has 33 heavy (non-hydrogen) atoms. The number of ether oxygens (including phenoxy) is 3. The van der Waals surface area contributed by atoms with Crippen molar-refractivity contribution in [1.29, 1.82) is 0 Å². The van der Waals surface area contributed by atoms with Crippen LogP contribution in [-0.2, 0) is 32.0 Å². The third-order valence-electron chi connectivity index (χ3n) is 5.21. The Morgan fingerprint density at radius 2 is 1.76 bits per heavy atom. The zero-order valence-corrected chi connectivity index (χ0v) is 22.1. The molecule has 0 radical (unpaired) electrons. The first-order valence-corrected chi connectivity index (χ1v) is 12.2. The van der Waals surface area contributed by atoms with Gasteiger partial charge in [-0.2, -0.15) is 0 Å². The SMILES string of the molecule is CC(C)C1CC1.CCOC(=O)C(Cc1ccc(C)c(CNC(=O)OC(C)(C)C)c1)OC(C)C. The van der Waals surface area contributed by atoms with Gasteiger partial charge in [-0.05, 0) is 89.8 Å². The van der Waals surface area contributed by atoms with Crippen LogP contribution in [0.3, 0.4) is 0 Å². The van der Waals surface area contributed by atoms with E-state index in [1.807, 2.05) is 59.7 Å². The second-order valence-corrected chi connectivity index (χ2v) is 10.3. The summed E-state index contributed by atoms with van der Waals surface area (Å²) in [5.41, 5.74) is 2.42. The summed E-state index contributed by atoms with van der Waals surface area (Å²) in [6, 6.07) is 5.91. The van der Waals surface area contributed by atoms with Crippen LogP contribution in [0.25, 0.3) is 0 Å². The molecule has 1 aromatic carbocycles. The Labute approximate surface area is 200 Å². The lowest BCUT2D eigenvalue weighted by molar-refractivity contribution is -0.159. The molecule has 2 rings (SSSR count). The third kappa shape index (κ3) is 12.7. The maximum Gasteiger partial charge on any atom is 0.407 e. The number of carbonyl (C=O) groups excluding carboxylic acids is 2. The maximum absolute atomic E-state index is 12.2. The minimum atomic E-state index is -0.653. The Hall–Kier alpha value is -2.08. The van der Waals surface area contributed by atoms with E-state index in [0.29, 0.717) is 19.6 Å². The quantitative estimate of drug-likeness (QED) is 0.457. The van der Waals surface area contributed by atoms with Gasteiger partial charge < -0.3 is 19.5 Å². The van der Waals surface area contributed by atoms with E-state index in [9.17, 15) is 9.59 Å². The Balaban J connectivity index is 0.000000779. The summed E-state index contributed by atoms with van der Waals surface area (Å²) in [5, 5.41) is 2.77. The number of carbonyl (C=O) groups is 2. The lowest BCUT2D eigenvalue weighted by Gasteiger charge is -2.21. The van der Waals surface area contributed by atoms with E-state index in [1.165, 1.54) is 12.8 Å². The maximum atomic E-state index is 12.2. The summed E-state index contributed by atoms with van der Waals surface area (Å²) in [4.78, 5) is 24.0. The largest absolute Gasteiger partial charge is 0.464 e. The first-order valence-electron chi connectivity index (χ1n) is 12.2. The molecule has 0 bridgehead atoms. The predicted molar refractivity (Wildman–Crippen MR) is 132 cm³/mol. The van der Waals surface area contributed by atoms with Crippen molar-refractivity contribution in [1.82, 2.24) is 5.32 Å². The van der Waals surface area contributed by atoms with Gasteiger partial charge in [0.1, 0.15) is 5.60 Å². The summed E-state index contributed by atoms with van der Waals surface area (Å²) in [7, 11) is 0. The van der Waals surface area contributed by atoms with E-state index in [4.69, 9.17) is 14.2 Å². The van der Waals surface area contributed by atoms with Crippen molar-refractivity contribution in [2.24, 2.45) is 11.8 Å². The minimum absolute atomic E-state index is 0.0850. The van der Waals surface area contributed by atoms with Crippen LogP contribution < -0.4 is 5.32 Å². The molecule has 1 fully saturated rings. The molecule has 6 nitrogen and oxygen atoms in total. The number of nitrogens with one attached hydrogen (secondary N) is 1. The number of hydrogen-bond donors (Lipinski definition) is 1. The van der Waals surface area contributed by atoms with Gasteiger partial charge in [-0.25, -0.2) is 9.59 Å². The molecule has 0 heterocycles. The number of benzene rings is 1. The van der Waals surface area contributed by atoms with Crippen molar-refractivity contribution in [2.75, 3.05) is 6.61 Å². The molecule has 1 unspecified atom stereocenters. The average Bonchev–Trinajstić information content (AvgIpc) is 3.52. The second kappa shape index (κ2) is 13.6. The zero-order valence-electron chi connectivity index (χ0n) is 22.1. The lowest BCUT2D eigenvalue weighted by Crippen LogP contribution is -2.32. The van der Waals surface area contributed by atoms with E-state index < -0.39 is 17.8 Å². The number of amides is 1. The predicted octanol–water partition coefficient (Wildman–Crippen LogP) is 5.97. The van der Waals surface area contributed by atoms with E-state index in [0.717, 1.165) is 28.5 Å². The molecule has 0 saturated heterocycles. The minimum Gasteiger partial charge on any atom is -0.464 e. The Kier molecular flexibility index (Phi) is 11.9. The van der Waals surface area contributed by atoms with Gasteiger partial charge >= 0.3 is 12.1 Å². The highest BCUT2D eigenvalue weighted by atomic mass is 16.6. The molecule has 1 aromatic rings. The van der Waals surface area contributed by atoms with Crippen LogP contribution in [0.2, 0.25) is 0 Å². The van der Waals surface area contributed by atoms with E-state index in [2.05, 4.69) is 19.2 Å². The van der Waals surface area contributed by atoms with Crippen LogP contribution in [0.15, 0.2) is 18.2 Å². The molecule has 188 valence electrons. The molecular weight excluding hydrogens is 418 g/mol. The van der Waals surface area contributed by atoms with Gasteiger partial charge in [0.25, 0.3) is 0 Å². The summed E-state index contributed by atoms with van der Waals surface area (Å²) in [6.07, 6.45) is 2.21. The van der Waals surface area contributed by atoms with Crippen LogP contribution in [0, 0.1) is 18.8 Å². The van der Waals surface area contributed by atoms with Crippen molar-refractivity contribution in [3.05, 3.63) is 34.9 Å². The third-order valence-corrected chi connectivity index (χ3v) is 5.21. The first-order chi connectivity index (χ1) is 15.3. The molecule has 1 atom stereocenters. The Morgan fingerprint density at radius 3 is 2.21 bits per heavy atom. The van der Waals surface area contributed by atoms with Gasteiger partial charge in [-0.1, -0.05) is 32.0 Å². The highest BCUT2D eigenvalue weighted by molar-refractivity contribution is 5.75. The molecule has 1 aliphatic rings. The van der Waals surface area contributed by atoms with Gasteiger partial charge in [0.2, 0.25) is 0 Å². The number of aryl methyl sites for hydroxylation is 1. The Bertz CT molecular complexity index is 747. The molecule has 1 N–H and O–H groups in total. The topological polar surface area (TPSA) is 73.9 Å². The highest BCUT2D eigenvalue weighted by Gasteiger charge is 2.24. The first kappa shape index (κ1) is 29.0. The standard InChI is InChI=1S/C21H33NO5.C6H12/c1-8-25-19(23)18(26-14(2)3)12-16-10-9-15(4)17(11-16)13-22-20(24)27-21(5,6)7;1-5(2)6-3-4-6/h9-11,14,18H,8,12-13H2,1-7H3,(H,22,24);5-6H,3-4H2,1-2H3. The van der Waals surface area contributed by atoms with Crippen molar-refractivity contribution in [2.45, 2.75) is 106 Å². The van der Waals surface area contributed by atoms with E-state index >= 15 is 0 Å². The average molecular weight is 464 g/mol. The molecule has 1 amide bonds. The molecular formula is C27H45NO5. The molecule has 1 saturated carbocycles. The summed E-state index contributed by atoms with van der Waals surface area (Å²) in [5.74, 6) is 1.70. The van der Waals surface area contributed by atoms with Crippen LogP contribution >= 0.6 is 0 Å². The molecule has 6 heteroatoms.